The Morgan fingerprint density at radius 1 is 0.636 bits per heavy atom. The lowest BCUT2D eigenvalue weighted by Gasteiger charge is -2.10. The van der Waals surface area contributed by atoms with Crippen LogP contribution in [0, 0.1) is 0 Å². The van der Waals surface area contributed by atoms with E-state index in [1.54, 1.807) is 0 Å². The van der Waals surface area contributed by atoms with Gasteiger partial charge >= 0.3 is 20.2 Å². The first kappa shape index (κ1) is 21.4. The molecular weight excluding hydrogens is 370 g/mol. The molecule has 0 rings (SSSR count). The summed E-state index contributed by atoms with van der Waals surface area (Å²) in [5.74, 6) is 0. The second-order valence-electron chi connectivity index (χ2n) is 3.71. The summed E-state index contributed by atoms with van der Waals surface area (Å²) in [6.45, 7) is -1.54. The van der Waals surface area contributed by atoms with E-state index < -0.39 is 57.3 Å². The molecule has 6 nitrogen and oxygen atoms in total. The topological polar surface area (TPSA) is 86.7 Å². The van der Waals surface area contributed by atoms with Gasteiger partial charge < -0.3 is 0 Å². The molecule has 0 amide bonds. The summed E-state index contributed by atoms with van der Waals surface area (Å²) in [4.78, 5) is 0. The van der Waals surface area contributed by atoms with Crippen LogP contribution in [0.1, 0.15) is 12.8 Å². The van der Waals surface area contributed by atoms with Crippen molar-refractivity contribution in [3.8, 4) is 0 Å². The van der Waals surface area contributed by atoms with Crippen LogP contribution >= 0.6 is 0 Å². The van der Waals surface area contributed by atoms with E-state index in [-0.39, 0.29) is 12.8 Å². The fourth-order valence-electron chi connectivity index (χ4n) is 0.936. The highest BCUT2D eigenvalue weighted by atomic mass is 32.2. The molecule has 0 saturated heterocycles. The van der Waals surface area contributed by atoms with Crippen molar-refractivity contribution in [2.24, 2.45) is 0 Å². The predicted molar refractivity (Wildman–Crippen MR) is 60.8 cm³/mol. The Bertz CT molecular complexity index is 473. The van der Waals surface area contributed by atoms with Gasteiger partial charge in [-0.2, -0.15) is 16.8 Å². The largest absolute Gasteiger partial charge is 0.305 e. The number of alkyl halides is 6. The van der Waals surface area contributed by atoms with Crippen molar-refractivity contribution in [1.82, 2.24) is 0 Å². The van der Waals surface area contributed by atoms with E-state index in [1.165, 1.54) is 0 Å². The van der Waals surface area contributed by atoms with Crippen LogP contribution in [0.4, 0.5) is 26.3 Å². The zero-order chi connectivity index (χ0) is 17.6. The average molecular weight is 382 g/mol. The standard InChI is InChI=1S/C8H12F6O6S2/c9-5(10)7(13)21(15,16)19-3-1-2-4-20-22(17,18)8(14)6(11)12/h5-8H,1-4H2. The van der Waals surface area contributed by atoms with E-state index in [0.29, 0.717) is 0 Å². The molecule has 0 fully saturated rings. The SMILES string of the molecule is O=S(=O)(OCCCCOS(=O)(=O)C(F)C(F)F)C(F)C(F)F. The molecule has 0 saturated carbocycles. The van der Waals surface area contributed by atoms with Gasteiger partial charge in [-0.05, 0) is 12.8 Å². The highest BCUT2D eigenvalue weighted by Crippen LogP contribution is 2.16. The van der Waals surface area contributed by atoms with E-state index in [2.05, 4.69) is 8.37 Å². The molecule has 14 heteroatoms. The zero-order valence-corrected chi connectivity index (χ0v) is 12.3. The van der Waals surface area contributed by atoms with Crippen LogP contribution in [0.3, 0.4) is 0 Å². The fraction of sp³-hybridized carbons (Fsp3) is 1.00. The van der Waals surface area contributed by atoms with Crippen molar-refractivity contribution >= 4 is 20.2 Å². The lowest BCUT2D eigenvalue weighted by atomic mass is 10.3. The smallest absolute Gasteiger partial charge is 0.268 e. The van der Waals surface area contributed by atoms with Crippen LogP contribution in [0.25, 0.3) is 0 Å². The van der Waals surface area contributed by atoms with Crippen LogP contribution in [0.2, 0.25) is 0 Å². The summed E-state index contributed by atoms with van der Waals surface area (Å²) in [6.07, 6.45) is -8.18. The molecule has 134 valence electrons. The van der Waals surface area contributed by atoms with E-state index in [4.69, 9.17) is 0 Å². The maximum absolute atomic E-state index is 12.5. The van der Waals surface area contributed by atoms with Gasteiger partial charge in [0.2, 0.25) is 0 Å². The lowest BCUT2D eigenvalue weighted by molar-refractivity contribution is 0.0807. The monoisotopic (exact) mass is 382 g/mol. The van der Waals surface area contributed by atoms with Gasteiger partial charge in [-0.1, -0.05) is 0 Å². The molecule has 0 aliphatic carbocycles. The average Bonchev–Trinajstić information content (AvgIpc) is 2.40. The number of hydrogen-bond donors (Lipinski definition) is 0. The van der Waals surface area contributed by atoms with Gasteiger partial charge in [0.25, 0.3) is 23.9 Å². The molecule has 2 unspecified atom stereocenters. The summed E-state index contributed by atoms with van der Waals surface area (Å²) in [7, 11) is -10.3. The number of halogens is 6. The molecule has 0 aromatic heterocycles. The molecule has 0 spiro atoms. The van der Waals surface area contributed by atoms with Crippen LogP contribution in [-0.2, 0) is 28.6 Å². The quantitative estimate of drug-likeness (QED) is 0.306. The van der Waals surface area contributed by atoms with E-state index >= 15 is 0 Å². The van der Waals surface area contributed by atoms with Gasteiger partial charge in [0, 0.05) is 0 Å². The predicted octanol–water partition coefficient (Wildman–Crippen LogP) is 1.58. The molecule has 0 aromatic rings. The first-order valence-electron chi connectivity index (χ1n) is 5.52. The first-order valence-corrected chi connectivity index (χ1v) is 8.47. The molecule has 0 aromatic carbocycles. The molecule has 0 heterocycles. The highest BCUT2D eigenvalue weighted by Gasteiger charge is 2.36. The summed E-state index contributed by atoms with van der Waals surface area (Å²) in [6, 6.07) is 0. The van der Waals surface area contributed by atoms with Crippen molar-refractivity contribution < 1.29 is 51.5 Å². The molecule has 0 N–H and O–H groups in total. The molecule has 0 aliphatic heterocycles. The fourth-order valence-corrected chi connectivity index (χ4v) is 2.40. The Labute approximate surface area is 122 Å². The van der Waals surface area contributed by atoms with Crippen molar-refractivity contribution in [1.29, 1.82) is 0 Å². The van der Waals surface area contributed by atoms with Crippen molar-refractivity contribution in [3.63, 3.8) is 0 Å². The summed E-state index contributed by atoms with van der Waals surface area (Å²) in [5.41, 5.74) is -7.05. The highest BCUT2D eigenvalue weighted by molar-refractivity contribution is 7.87. The Balaban J connectivity index is 4.07. The molecule has 0 bridgehead atoms. The third-order valence-electron chi connectivity index (χ3n) is 1.98. The summed E-state index contributed by atoms with van der Waals surface area (Å²) >= 11 is 0. The lowest BCUT2D eigenvalue weighted by Crippen LogP contribution is -2.27. The van der Waals surface area contributed by atoms with Gasteiger partial charge in [-0.3, -0.25) is 8.37 Å². The Morgan fingerprint density at radius 3 is 1.14 bits per heavy atom. The van der Waals surface area contributed by atoms with E-state index in [0.717, 1.165) is 0 Å². The minimum Gasteiger partial charge on any atom is -0.268 e. The van der Waals surface area contributed by atoms with Crippen molar-refractivity contribution in [2.45, 2.75) is 36.7 Å². The maximum Gasteiger partial charge on any atom is 0.305 e. The molecule has 22 heavy (non-hydrogen) atoms. The number of rotatable bonds is 11. The van der Waals surface area contributed by atoms with Crippen LogP contribution in [-0.4, -0.2) is 53.9 Å². The van der Waals surface area contributed by atoms with Gasteiger partial charge in [0.1, 0.15) is 0 Å². The van der Waals surface area contributed by atoms with Crippen LogP contribution in [0.5, 0.6) is 0 Å². The zero-order valence-electron chi connectivity index (χ0n) is 10.7. The third-order valence-corrected chi connectivity index (χ3v) is 4.49. The number of unbranched alkanes of at least 4 members (excludes halogenated alkanes) is 1. The minimum absolute atomic E-state index is 0.295. The second kappa shape index (κ2) is 8.88. The Kier molecular flexibility index (Phi) is 8.64. The first-order chi connectivity index (χ1) is 9.92. The van der Waals surface area contributed by atoms with Crippen LogP contribution < -0.4 is 0 Å². The van der Waals surface area contributed by atoms with Crippen LogP contribution in [0.15, 0.2) is 0 Å². The van der Waals surface area contributed by atoms with E-state index in [9.17, 15) is 43.2 Å². The maximum atomic E-state index is 12.5. The van der Waals surface area contributed by atoms with Gasteiger partial charge in [-0.15, -0.1) is 0 Å². The van der Waals surface area contributed by atoms with Gasteiger partial charge in [0.05, 0.1) is 13.2 Å². The van der Waals surface area contributed by atoms with Crippen molar-refractivity contribution in [2.75, 3.05) is 13.2 Å². The van der Waals surface area contributed by atoms with Crippen molar-refractivity contribution in [3.05, 3.63) is 0 Å². The Hall–Kier alpha value is -0.600. The van der Waals surface area contributed by atoms with Gasteiger partial charge in [-0.25, -0.2) is 26.3 Å². The molecule has 0 aliphatic rings. The molecule has 0 radical (unpaired) electrons. The van der Waals surface area contributed by atoms with E-state index in [1.807, 2.05) is 0 Å². The summed E-state index contributed by atoms with van der Waals surface area (Å²) in [5, 5.41) is 0. The molecular formula is C8H12F6O6S2. The Morgan fingerprint density at radius 2 is 0.909 bits per heavy atom. The third kappa shape index (κ3) is 7.11. The normalized spacial score (nSPS) is 16.2. The molecule has 2 atom stereocenters. The minimum atomic E-state index is -5.13. The van der Waals surface area contributed by atoms with Gasteiger partial charge in [0.15, 0.2) is 0 Å². The second-order valence-corrected chi connectivity index (χ2v) is 7.05. The summed E-state index contributed by atoms with van der Waals surface area (Å²) < 4.78 is 123. The number of hydrogen-bond acceptors (Lipinski definition) is 6.